The fraction of sp³-hybridized carbons (Fsp3) is 0.500. The molecule has 17 heavy (non-hydrogen) atoms. The molecule has 1 rings (SSSR count). The molecule has 1 aromatic carbocycles. The van der Waals surface area contributed by atoms with E-state index in [1.165, 1.54) is 4.90 Å². The van der Waals surface area contributed by atoms with Gasteiger partial charge >= 0.3 is 6.18 Å². The zero-order valence-corrected chi connectivity index (χ0v) is 10.0. The van der Waals surface area contributed by atoms with Gasteiger partial charge in [-0.05, 0) is 30.7 Å². The van der Waals surface area contributed by atoms with Crippen molar-refractivity contribution in [2.75, 3.05) is 18.8 Å². The van der Waals surface area contributed by atoms with Crippen LogP contribution in [0.15, 0.2) is 18.2 Å². The number of nitrogens with two attached hydrogens (primary N) is 1. The van der Waals surface area contributed by atoms with Gasteiger partial charge in [-0.15, -0.1) is 0 Å². The first kappa shape index (κ1) is 13.8. The quantitative estimate of drug-likeness (QED) is 0.827. The van der Waals surface area contributed by atoms with Crippen LogP contribution >= 0.6 is 0 Å². The molecule has 5 heteroatoms. The van der Waals surface area contributed by atoms with Crippen LogP contribution in [-0.4, -0.2) is 24.2 Å². The van der Waals surface area contributed by atoms with E-state index in [-0.39, 0.29) is 6.54 Å². The Bertz CT molecular complexity index is 375. The van der Waals surface area contributed by atoms with Crippen molar-refractivity contribution < 1.29 is 13.2 Å². The summed E-state index contributed by atoms with van der Waals surface area (Å²) in [5.41, 5.74) is 8.06. The molecule has 0 aliphatic rings. The number of hydrogen-bond donors (Lipinski definition) is 1. The van der Waals surface area contributed by atoms with Crippen LogP contribution in [0.5, 0.6) is 0 Å². The highest BCUT2D eigenvalue weighted by Crippen LogP contribution is 2.19. The summed E-state index contributed by atoms with van der Waals surface area (Å²) in [6.07, 6.45) is -4.15. The van der Waals surface area contributed by atoms with Gasteiger partial charge in [-0.2, -0.15) is 13.2 Å². The fourth-order valence-electron chi connectivity index (χ4n) is 1.63. The molecule has 0 bridgehead atoms. The Morgan fingerprint density at radius 3 is 2.41 bits per heavy atom. The molecule has 2 N–H and O–H groups in total. The van der Waals surface area contributed by atoms with Crippen molar-refractivity contribution in [1.29, 1.82) is 0 Å². The van der Waals surface area contributed by atoms with Crippen molar-refractivity contribution in [3.8, 4) is 0 Å². The van der Waals surface area contributed by atoms with E-state index in [2.05, 4.69) is 0 Å². The highest BCUT2D eigenvalue weighted by Gasteiger charge is 2.29. The van der Waals surface area contributed by atoms with Crippen molar-refractivity contribution in [3.63, 3.8) is 0 Å². The van der Waals surface area contributed by atoms with E-state index in [4.69, 9.17) is 5.73 Å². The predicted molar refractivity (Wildman–Crippen MR) is 62.6 cm³/mol. The van der Waals surface area contributed by atoms with Crippen LogP contribution in [0.25, 0.3) is 0 Å². The van der Waals surface area contributed by atoms with Crippen molar-refractivity contribution in [2.45, 2.75) is 26.6 Å². The number of nitrogen functional groups attached to an aromatic ring is 1. The predicted octanol–water partition coefficient (Wildman–Crippen LogP) is 2.96. The van der Waals surface area contributed by atoms with Crippen LogP contribution in [0.4, 0.5) is 18.9 Å². The largest absolute Gasteiger partial charge is 0.401 e. The zero-order valence-electron chi connectivity index (χ0n) is 10.0. The van der Waals surface area contributed by atoms with Crippen LogP contribution in [0.3, 0.4) is 0 Å². The molecule has 0 aliphatic heterocycles. The number of aryl methyl sites for hydroxylation is 1. The summed E-state index contributed by atoms with van der Waals surface area (Å²) in [4.78, 5) is 1.35. The summed E-state index contributed by atoms with van der Waals surface area (Å²) < 4.78 is 36.8. The van der Waals surface area contributed by atoms with Gasteiger partial charge in [0, 0.05) is 12.2 Å². The summed E-state index contributed by atoms with van der Waals surface area (Å²) in [6, 6.07) is 5.32. The van der Waals surface area contributed by atoms with E-state index in [0.29, 0.717) is 12.2 Å². The molecule has 0 heterocycles. The average Bonchev–Trinajstić information content (AvgIpc) is 2.20. The Labute approximate surface area is 99.2 Å². The van der Waals surface area contributed by atoms with Crippen molar-refractivity contribution in [2.24, 2.45) is 0 Å². The molecule has 96 valence electrons. The molecule has 0 amide bonds. The van der Waals surface area contributed by atoms with E-state index in [0.717, 1.165) is 11.1 Å². The third-order valence-corrected chi connectivity index (χ3v) is 2.59. The number of halogens is 3. The molecule has 1 aromatic rings. The Morgan fingerprint density at radius 1 is 1.29 bits per heavy atom. The highest BCUT2D eigenvalue weighted by molar-refractivity contribution is 5.47. The minimum atomic E-state index is -4.15. The third-order valence-electron chi connectivity index (χ3n) is 2.59. The fourth-order valence-corrected chi connectivity index (χ4v) is 1.63. The lowest BCUT2D eigenvalue weighted by Gasteiger charge is -2.22. The smallest absolute Gasteiger partial charge is 0.399 e. The molecule has 0 aliphatic carbocycles. The number of rotatable bonds is 4. The van der Waals surface area contributed by atoms with Gasteiger partial charge in [0.2, 0.25) is 0 Å². The first-order valence-corrected chi connectivity index (χ1v) is 5.46. The average molecular weight is 246 g/mol. The summed E-state index contributed by atoms with van der Waals surface area (Å²) >= 11 is 0. The van der Waals surface area contributed by atoms with Gasteiger partial charge in [0.25, 0.3) is 0 Å². The van der Waals surface area contributed by atoms with Crippen LogP contribution in [0, 0.1) is 6.92 Å². The van der Waals surface area contributed by atoms with Crippen LogP contribution in [0.2, 0.25) is 0 Å². The Kier molecular flexibility index (Phi) is 4.40. The summed E-state index contributed by atoms with van der Waals surface area (Å²) in [5.74, 6) is 0. The SMILES string of the molecule is CCN(Cc1ccc(N)c(C)c1)CC(F)(F)F. The molecule has 0 fully saturated rings. The molecule has 0 atom stereocenters. The van der Waals surface area contributed by atoms with E-state index in [1.54, 1.807) is 19.1 Å². The van der Waals surface area contributed by atoms with Crippen molar-refractivity contribution in [1.82, 2.24) is 4.90 Å². The Hall–Kier alpha value is -1.23. The monoisotopic (exact) mass is 246 g/mol. The van der Waals surface area contributed by atoms with Gasteiger partial charge in [0.05, 0.1) is 6.54 Å². The Morgan fingerprint density at radius 2 is 1.94 bits per heavy atom. The summed E-state index contributed by atoms with van der Waals surface area (Å²) in [5, 5.41) is 0. The van der Waals surface area contributed by atoms with E-state index in [1.807, 2.05) is 13.0 Å². The van der Waals surface area contributed by atoms with Crippen LogP contribution in [0.1, 0.15) is 18.1 Å². The standard InChI is InChI=1S/C12H17F3N2/c1-3-17(8-12(13,14)15)7-10-4-5-11(16)9(2)6-10/h4-6H,3,7-8,16H2,1-2H3. The zero-order chi connectivity index (χ0) is 13.1. The van der Waals surface area contributed by atoms with E-state index < -0.39 is 12.7 Å². The second-order valence-corrected chi connectivity index (χ2v) is 4.11. The maximum atomic E-state index is 12.3. The minimum absolute atomic E-state index is 0.289. The molecule has 0 spiro atoms. The maximum absolute atomic E-state index is 12.3. The molecule has 0 saturated carbocycles. The van der Waals surface area contributed by atoms with Gasteiger partial charge in [-0.3, -0.25) is 4.90 Å². The molecular weight excluding hydrogens is 229 g/mol. The van der Waals surface area contributed by atoms with E-state index >= 15 is 0 Å². The van der Waals surface area contributed by atoms with Gasteiger partial charge in [0.1, 0.15) is 0 Å². The number of hydrogen-bond acceptors (Lipinski definition) is 2. The highest BCUT2D eigenvalue weighted by atomic mass is 19.4. The van der Waals surface area contributed by atoms with Crippen molar-refractivity contribution >= 4 is 5.69 Å². The molecular formula is C12H17F3N2. The lowest BCUT2D eigenvalue weighted by Crippen LogP contribution is -2.33. The lowest BCUT2D eigenvalue weighted by molar-refractivity contribution is -0.146. The van der Waals surface area contributed by atoms with Gasteiger partial charge in [-0.1, -0.05) is 19.1 Å². The van der Waals surface area contributed by atoms with Crippen molar-refractivity contribution in [3.05, 3.63) is 29.3 Å². The number of nitrogens with zero attached hydrogens (tertiary/aromatic N) is 1. The first-order valence-electron chi connectivity index (χ1n) is 5.46. The molecule has 0 aromatic heterocycles. The normalized spacial score (nSPS) is 12.1. The summed E-state index contributed by atoms with van der Waals surface area (Å²) in [7, 11) is 0. The molecule has 0 radical (unpaired) electrons. The maximum Gasteiger partial charge on any atom is 0.401 e. The van der Waals surface area contributed by atoms with Crippen LogP contribution < -0.4 is 5.73 Å². The second kappa shape index (κ2) is 5.40. The van der Waals surface area contributed by atoms with Gasteiger partial charge in [-0.25, -0.2) is 0 Å². The topological polar surface area (TPSA) is 29.3 Å². The summed E-state index contributed by atoms with van der Waals surface area (Å²) in [6.45, 7) is 3.34. The third kappa shape index (κ3) is 4.65. The molecule has 2 nitrogen and oxygen atoms in total. The first-order chi connectivity index (χ1) is 7.81. The lowest BCUT2D eigenvalue weighted by atomic mass is 10.1. The molecule has 0 saturated heterocycles. The van der Waals surface area contributed by atoms with Gasteiger partial charge in [0.15, 0.2) is 0 Å². The number of alkyl halides is 3. The minimum Gasteiger partial charge on any atom is -0.399 e. The van der Waals surface area contributed by atoms with E-state index in [9.17, 15) is 13.2 Å². The Balaban J connectivity index is 2.70. The molecule has 0 unspecified atom stereocenters. The number of benzene rings is 1. The van der Waals surface area contributed by atoms with Gasteiger partial charge < -0.3 is 5.73 Å². The second-order valence-electron chi connectivity index (χ2n) is 4.11. The number of anilines is 1. The van der Waals surface area contributed by atoms with Crippen LogP contribution in [-0.2, 0) is 6.54 Å².